The quantitative estimate of drug-likeness (QED) is 0.151. The summed E-state index contributed by atoms with van der Waals surface area (Å²) < 4.78 is 29.1. The summed E-state index contributed by atoms with van der Waals surface area (Å²) >= 11 is 14.4. The van der Waals surface area contributed by atoms with Gasteiger partial charge in [0.15, 0.2) is 0 Å². The van der Waals surface area contributed by atoms with E-state index in [1.807, 2.05) is 20.1 Å². The number of carbonyl (C=O) groups is 2. The van der Waals surface area contributed by atoms with Crippen molar-refractivity contribution >= 4 is 62.5 Å². The molecule has 0 bridgehead atoms. The van der Waals surface area contributed by atoms with E-state index in [1.54, 1.807) is 61.5 Å². The first-order chi connectivity index (χ1) is 20.0. The van der Waals surface area contributed by atoms with Crippen LogP contribution >= 0.6 is 35.0 Å². The Balaban J connectivity index is 2.07. The summed E-state index contributed by atoms with van der Waals surface area (Å²) in [5.41, 5.74) is 1.75. The van der Waals surface area contributed by atoms with E-state index in [9.17, 15) is 18.0 Å². The molecule has 1 N–H and O–H groups in total. The standard InChI is InChI=1S/C31H37Cl2N3O4S2/c1-5-7-19-34-31(38)29(6-2)35(20-26-27(32)9-8-10-28(26)33)30(37)21-36(23-13-11-22(3)12-14-23)42(39,40)25-17-15-24(41-4)16-18-25/h8-18,29H,5-7,19-21H2,1-4H3,(H,34,38). The van der Waals surface area contributed by atoms with Gasteiger partial charge in [-0.3, -0.25) is 13.9 Å². The van der Waals surface area contributed by atoms with E-state index in [2.05, 4.69) is 5.32 Å². The number of benzene rings is 3. The number of halogens is 2. The van der Waals surface area contributed by atoms with Gasteiger partial charge in [-0.15, -0.1) is 11.8 Å². The molecule has 0 heterocycles. The van der Waals surface area contributed by atoms with Gasteiger partial charge in [-0.2, -0.15) is 0 Å². The lowest BCUT2D eigenvalue weighted by molar-refractivity contribution is -0.140. The van der Waals surface area contributed by atoms with Crippen LogP contribution in [0.1, 0.15) is 44.2 Å². The third kappa shape index (κ3) is 8.43. The van der Waals surface area contributed by atoms with Gasteiger partial charge >= 0.3 is 0 Å². The molecule has 0 radical (unpaired) electrons. The molecule has 3 aromatic carbocycles. The predicted octanol–water partition coefficient (Wildman–Crippen LogP) is 6.94. The molecule has 1 atom stereocenters. The minimum Gasteiger partial charge on any atom is -0.354 e. The topological polar surface area (TPSA) is 86.8 Å². The van der Waals surface area contributed by atoms with Crippen LogP contribution < -0.4 is 9.62 Å². The van der Waals surface area contributed by atoms with Crippen molar-refractivity contribution in [1.82, 2.24) is 10.2 Å². The number of carbonyl (C=O) groups excluding carboxylic acids is 2. The Morgan fingerprint density at radius 3 is 2.12 bits per heavy atom. The van der Waals surface area contributed by atoms with E-state index in [1.165, 1.54) is 28.8 Å². The van der Waals surface area contributed by atoms with Crippen molar-refractivity contribution in [2.75, 3.05) is 23.7 Å². The highest BCUT2D eigenvalue weighted by atomic mass is 35.5. The molecule has 7 nitrogen and oxygen atoms in total. The van der Waals surface area contributed by atoms with Gasteiger partial charge in [0.25, 0.3) is 10.0 Å². The summed E-state index contributed by atoms with van der Waals surface area (Å²) in [6.45, 7) is 5.59. The molecule has 0 saturated carbocycles. The normalized spacial score (nSPS) is 12.0. The molecule has 0 aliphatic rings. The first-order valence-electron chi connectivity index (χ1n) is 13.8. The molecule has 1 unspecified atom stereocenters. The minimum atomic E-state index is -4.16. The third-order valence-electron chi connectivity index (χ3n) is 6.85. The van der Waals surface area contributed by atoms with Crippen molar-refractivity contribution in [1.29, 1.82) is 0 Å². The zero-order valence-corrected chi connectivity index (χ0v) is 27.4. The molecule has 0 aromatic heterocycles. The van der Waals surface area contributed by atoms with Crippen LogP contribution in [0.4, 0.5) is 5.69 Å². The average molecular weight is 651 g/mol. The number of nitrogens with zero attached hydrogens (tertiary/aromatic N) is 2. The fourth-order valence-electron chi connectivity index (χ4n) is 4.39. The van der Waals surface area contributed by atoms with Crippen LogP contribution in [0, 0.1) is 6.92 Å². The maximum absolute atomic E-state index is 14.2. The Bertz CT molecular complexity index is 1450. The molecular formula is C31H37Cl2N3O4S2. The van der Waals surface area contributed by atoms with E-state index in [-0.39, 0.29) is 17.3 Å². The number of amides is 2. The molecule has 0 aliphatic heterocycles. The fourth-order valence-corrected chi connectivity index (χ4v) is 6.73. The Labute approximate surface area is 263 Å². The Morgan fingerprint density at radius 1 is 0.952 bits per heavy atom. The van der Waals surface area contributed by atoms with Gasteiger partial charge in [0.2, 0.25) is 11.8 Å². The van der Waals surface area contributed by atoms with Crippen LogP contribution in [0.3, 0.4) is 0 Å². The molecular weight excluding hydrogens is 613 g/mol. The fraction of sp³-hybridized carbons (Fsp3) is 0.355. The summed E-state index contributed by atoms with van der Waals surface area (Å²) in [5.74, 6) is -0.881. The molecule has 11 heteroatoms. The van der Waals surface area contributed by atoms with Gasteiger partial charge in [0.05, 0.1) is 10.6 Å². The van der Waals surface area contributed by atoms with Gasteiger partial charge in [0, 0.05) is 33.6 Å². The molecule has 3 aromatic rings. The number of nitrogens with one attached hydrogen (secondary N) is 1. The van der Waals surface area contributed by atoms with Gasteiger partial charge in [-0.25, -0.2) is 8.42 Å². The Hall–Kier alpha value is -2.72. The van der Waals surface area contributed by atoms with Crippen molar-refractivity contribution in [3.05, 3.63) is 87.9 Å². The SMILES string of the molecule is CCCCNC(=O)C(CC)N(Cc1c(Cl)cccc1Cl)C(=O)CN(c1ccc(C)cc1)S(=O)(=O)c1ccc(SC)cc1. The Kier molecular flexibility index (Phi) is 12.6. The summed E-state index contributed by atoms with van der Waals surface area (Å²) in [6, 6.07) is 17.6. The van der Waals surface area contributed by atoms with Crippen molar-refractivity contribution in [3.63, 3.8) is 0 Å². The highest BCUT2D eigenvalue weighted by Crippen LogP contribution is 2.29. The molecule has 226 valence electrons. The number of aryl methyl sites for hydroxylation is 1. The number of anilines is 1. The minimum absolute atomic E-state index is 0.0544. The van der Waals surface area contributed by atoms with Gasteiger partial charge in [-0.1, -0.05) is 67.2 Å². The highest BCUT2D eigenvalue weighted by Gasteiger charge is 2.34. The lowest BCUT2D eigenvalue weighted by Gasteiger charge is -2.33. The summed E-state index contributed by atoms with van der Waals surface area (Å²) in [6.07, 6.45) is 3.90. The van der Waals surface area contributed by atoms with Gasteiger partial charge in [-0.05, 0) is 74.6 Å². The molecule has 42 heavy (non-hydrogen) atoms. The molecule has 3 rings (SSSR count). The van der Waals surface area contributed by atoms with E-state index in [0.717, 1.165) is 27.6 Å². The van der Waals surface area contributed by atoms with Crippen LogP contribution in [0.5, 0.6) is 0 Å². The summed E-state index contributed by atoms with van der Waals surface area (Å²) in [4.78, 5) is 29.8. The lowest BCUT2D eigenvalue weighted by Crippen LogP contribution is -2.52. The maximum atomic E-state index is 14.2. The predicted molar refractivity (Wildman–Crippen MR) is 173 cm³/mol. The van der Waals surface area contributed by atoms with Crippen LogP contribution in [0.15, 0.2) is 76.5 Å². The van der Waals surface area contributed by atoms with Gasteiger partial charge < -0.3 is 10.2 Å². The van der Waals surface area contributed by atoms with E-state index < -0.39 is 28.5 Å². The lowest BCUT2D eigenvalue weighted by atomic mass is 10.1. The highest BCUT2D eigenvalue weighted by molar-refractivity contribution is 7.98. The van der Waals surface area contributed by atoms with Crippen molar-refractivity contribution in [2.45, 2.75) is 62.4 Å². The van der Waals surface area contributed by atoms with Gasteiger partial charge in [0.1, 0.15) is 12.6 Å². The number of rotatable bonds is 14. The second-order valence-corrected chi connectivity index (χ2v) is 13.4. The smallest absolute Gasteiger partial charge is 0.264 e. The summed E-state index contributed by atoms with van der Waals surface area (Å²) in [5, 5.41) is 3.60. The molecule has 0 aliphatic carbocycles. The maximum Gasteiger partial charge on any atom is 0.264 e. The number of hydrogen-bond donors (Lipinski definition) is 1. The van der Waals surface area contributed by atoms with Crippen molar-refractivity contribution in [3.8, 4) is 0 Å². The number of hydrogen-bond acceptors (Lipinski definition) is 5. The van der Waals surface area contributed by atoms with Crippen LogP contribution in [-0.2, 0) is 26.2 Å². The monoisotopic (exact) mass is 649 g/mol. The van der Waals surface area contributed by atoms with Crippen LogP contribution in [-0.4, -0.2) is 50.5 Å². The van der Waals surface area contributed by atoms with E-state index >= 15 is 0 Å². The second kappa shape index (κ2) is 15.7. The first kappa shape index (κ1) is 33.8. The zero-order chi connectivity index (χ0) is 30.9. The number of thioether (sulfide) groups is 1. The Morgan fingerprint density at radius 2 is 1.57 bits per heavy atom. The number of unbranched alkanes of at least 4 members (excludes halogenated alkanes) is 1. The average Bonchev–Trinajstić information content (AvgIpc) is 2.97. The van der Waals surface area contributed by atoms with Crippen LogP contribution in [0.25, 0.3) is 0 Å². The van der Waals surface area contributed by atoms with Crippen molar-refractivity contribution in [2.24, 2.45) is 0 Å². The first-order valence-corrected chi connectivity index (χ1v) is 17.2. The third-order valence-corrected chi connectivity index (χ3v) is 10.1. The van der Waals surface area contributed by atoms with E-state index in [0.29, 0.717) is 34.3 Å². The van der Waals surface area contributed by atoms with E-state index in [4.69, 9.17) is 23.2 Å². The molecule has 0 fully saturated rings. The van der Waals surface area contributed by atoms with Crippen LogP contribution in [0.2, 0.25) is 10.0 Å². The molecule has 0 spiro atoms. The largest absolute Gasteiger partial charge is 0.354 e. The second-order valence-electron chi connectivity index (χ2n) is 9.81. The molecule has 0 saturated heterocycles. The zero-order valence-electron chi connectivity index (χ0n) is 24.3. The van der Waals surface area contributed by atoms with Crippen molar-refractivity contribution < 1.29 is 18.0 Å². The number of sulfonamides is 1. The summed E-state index contributed by atoms with van der Waals surface area (Å²) in [7, 11) is -4.16. The molecule has 2 amide bonds.